The average Bonchev–Trinajstić information content (AvgIpc) is 3.15. The van der Waals surface area contributed by atoms with Crippen LogP contribution >= 0.6 is 0 Å². The number of methoxy groups -OCH3 is 1. The lowest BCUT2D eigenvalue weighted by Gasteiger charge is -2.23. The molecule has 7 heteroatoms. The van der Waals surface area contributed by atoms with Crippen LogP contribution in [0.3, 0.4) is 0 Å². The number of carbonyl (C=O) groups excluding carboxylic acids is 3. The third-order valence-electron chi connectivity index (χ3n) is 6.79. The van der Waals surface area contributed by atoms with Gasteiger partial charge in [-0.05, 0) is 52.6 Å². The van der Waals surface area contributed by atoms with Crippen molar-refractivity contribution in [3.8, 4) is 5.75 Å². The Morgan fingerprint density at radius 2 is 1.54 bits per heavy atom. The Hall–Kier alpha value is -4.65. The molecule has 1 heterocycles. The zero-order valence-electron chi connectivity index (χ0n) is 20.6. The number of rotatable bonds is 7. The number of imide groups is 1. The maximum absolute atomic E-state index is 13.5. The Bertz CT molecular complexity index is 1470. The van der Waals surface area contributed by atoms with E-state index in [0.717, 1.165) is 26.8 Å². The van der Waals surface area contributed by atoms with Crippen molar-refractivity contribution in [3.63, 3.8) is 0 Å². The molecule has 0 saturated carbocycles. The quantitative estimate of drug-likeness (QED) is 0.371. The van der Waals surface area contributed by atoms with Crippen LogP contribution in [0.25, 0.3) is 10.8 Å². The molecular formula is C30H27N3O4. The molecule has 186 valence electrons. The number of hydrogen-bond donors (Lipinski definition) is 2. The SMILES string of the molecule is COc1ccc(C(NC(=O)CN2C(=O)NC(C)(c3ccc4ccccc4c3)C2=O)c2ccccc2)cc1. The molecule has 7 nitrogen and oxygen atoms in total. The fourth-order valence-electron chi connectivity index (χ4n) is 4.69. The van der Waals surface area contributed by atoms with E-state index in [-0.39, 0.29) is 0 Å². The smallest absolute Gasteiger partial charge is 0.325 e. The van der Waals surface area contributed by atoms with Crippen molar-refractivity contribution < 1.29 is 19.1 Å². The zero-order valence-corrected chi connectivity index (χ0v) is 20.6. The number of benzene rings is 4. The fourth-order valence-corrected chi connectivity index (χ4v) is 4.69. The summed E-state index contributed by atoms with van der Waals surface area (Å²) < 4.78 is 5.25. The van der Waals surface area contributed by atoms with E-state index in [1.54, 1.807) is 14.0 Å². The van der Waals surface area contributed by atoms with E-state index in [4.69, 9.17) is 4.74 Å². The lowest BCUT2D eigenvalue weighted by molar-refractivity contribution is -0.135. The van der Waals surface area contributed by atoms with Crippen molar-refractivity contribution in [1.82, 2.24) is 15.5 Å². The fraction of sp³-hybridized carbons (Fsp3) is 0.167. The monoisotopic (exact) mass is 493 g/mol. The molecule has 37 heavy (non-hydrogen) atoms. The van der Waals surface area contributed by atoms with Crippen molar-refractivity contribution in [3.05, 3.63) is 114 Å². The molecule has 0 radical (unpaired) electrons. The molecule has 2 N–H and O–H groups in total. The van der Waals surface area contributed by atoms with Gasteiger partial charge < -0.3 is 15.4 Å². The van der Waals surface area contributed by atoms with Crippen LogP contribution in [0.5, 0.6) is 5.75 Å². The number of urea groups is 1. The Kier molecular flexibility index (Phi) is 6.36. The van der Waals surface area contributed by atoms with Gasteiger partial charge in [-0.3, -0.25) is 14.5 Å². The summed E-state index contributed by atoms with van der Waals surface area (Å²) in [6.45, 7) is 1.27. The number of hydrogen-bond acceptors (Lipinski definition) is 4. The number of nitrogens with zero attached hydrogens (tertiary/aromatic N) is 1. The predicted molar refractivity (Wildman–Crippen MR) is 141 cm³/mol. The normalized spacial score (nSPS) is 17.9. The topological polar surface area (TPSA) is 87.7 Å². The van der Waals surface area contributed by atoms with Crippen molar-refractivity contribution in [2.45, 2.75) is 18.5 Å². The Balaban J connectivity index is 1.36. The number of nitrogens with one attached hydrogen (secondary N) is 2. The van der Waals surface area contributed by atoms with Gasteiger partial charge in [0.05, 0.1) is 13.2 Å². The van der Waals surface area contributed by atoms with Crippen LogP contribution in [0.4, 0.5) is 4.79 Å². The lowest BCUT2D eigenvalue weighted by atomic mass is 9.90. The molecule has 0 bridgehead atoms. The first-order valence-corrected chi connectivity index (χ1v) is 12.0. The number of amides is 4. The maximum atomic E-state index is 13.5. The molecule has 1 saturated heterocycles. The zero-order chi connectivity index (χ0) is 26.0. The van der Waals surface area contributed by atoms with E-state index in [0.29, 0.717) is 11.3 Å². The van der Waals surface area contributed by atoms with E-state index in [2.05, 4.69) is 10.6 Å². The Morgan fingerprint density at radius 1 is 0.892 bits per heavy atom. The third-order valence-corrected chi connectivity index (χ3v) is 6.79. The van der Waals surface area contributed by atoms with Crippen molar-refractivity contribution >= 4 is 28.6 Å². The van der Waals surface area contributed by atoms with Gasteiger partial charge in [0.2, 0.25) is 5.91 Å². The van der Waals surface area contributed by atoms with Gasteiger partial charge in [0, 0.05) is 0 Å². The number of ether oxygens (including phenoxy) is 1. The van der Waals surface area contributed by atoms with E-state index in [1.807, 2.05) is 97.1 Å². The van der Waals surface area contributed by atoms with Gasteiger partial charge in [-0.15, -0.1) is 0 Å². The first-order chi connectivity index (χ1) is 17.9. The summed E-state index contributed by atoms with van der Waals surface area (Å²) in [4.78, 5) is 40.5. The van der Waals surface area contributed by atoms with Gasteiger partial charge in [-0.25, -0.2) is 4.79 Å². The van der Waals surface area contributed by atoms with Crippen LogP contribution in [0.15, 0.2) is 97.1 Å². The molecule has 0 aromatic heterocycles. The minimum absolute atomic E-state index is 0.396. The summed E-state index contributed by atoms with van der Waals surface area (Å²) in [5.74, 6) is -0.214. The molecule has 0 aliphatic carbocycles. The van der Waals surface area contributed by atoms with Crippen LogP contribution < -0.4 is 15.4 Å². The number of fused-ring (bicyclic) bond motifs is 1. The summed E-state index contributed by atoms with van der Waals surface area (Å²) in [6, 6.07) is 29.3. The van der Waals surface area contributed by atoms with Crippen LogP contribution in [-0.2, 0) is 15.1 Å². The minimum atomic E-state index is -1.27. The van der Waals surface area contributed by atoms with Gasteiger partial charge >= 0.3 is 6.03 Å². The molecule has 4 aromatic rings. The minimum Gasteiger partial charge on any atom is -0.497 e. The van der Waals surface area contributed by atoms with Crippen LogP contribution in [0.2, 0.25) is 0 Å². The standard InChI is InChI=1S/C30H27N3O4/c1-30(24-15-12-20-8-6-7-11-23(20)18-24)28(35)33(29(36)32-30)19-26(34)31-27(21-9-4-3-5-10-21)22-13-16-25(37-2)17-14-22/h3-18,27H,19H2,1-2H3,(H,31,34)(H,32,36). The highest BCUT2D eigenvalue weighted by atomic mass is 16.5. The first kappa shape index (κ1) is 24.1. The van der Waals surface area contributed by atoms with E-state index in [1.165, 1.54) is 0 Å². The molecule has 1 aliphatic rings. The van der Waals surface area contributed by atoms with Gasteiger partial charge in [0.15, 0.2) is 0 Å². The molecule has 0 spiro atoms. The highest BCUT2D eigenvalue weighted by molar-refractivity contribution is 6.09. The second kappa shape index (κ2) is 9.78. The Labute approximate surface area is 215 Å². The van der Waals surface area contributed by atoms with Crippen LogP contribution in [0, 0.1) is 0 Å². The molecule has 1 aliphatic heterocycles. The average molecular weight is 494 g/mol. The van der Waals surface area contributed by atoms with Crippen LogP contribution in [0.1, 0.15) is 29.7 Å². The van der Waals surface area contributed by atoms with Gasteiger partial charge in [0.25, 0.3) is 5.91 Å². The van der Waals surface area contributed by atoms with E-state index in [9.17, 15) is 14.4 Å². The molecule has 4 aromatic carbocycles. The summed E-state index contributed by atoms with van der Waals surface area (Å²) >= 11 is 0. The third kappa shape index (κ3) is 4.63. The van der Waals surface area contributed by atoms with Crippen molar-refractivity contribution in [1.29, 1.82) is 0 Å². The second-order valence-electron chi connectivity index (χ2n) is 9.19. The summed E-state index contributed by atoms with van der Waals surface area (Å²) in [5.41, 5.74) is 1.11. The predicted octanol–water partition coefficient (Wildman–Crippen LogP) is 4.52. The Morgan fingerprint density at radius 3 is 2.24 bits per heavy atom. The van der Waals surface area contributed by atoms with Gasteiger partial charge in [-0.2, -0.15) is 0 Å². The van der Waals surface area contributed by atoms with Crippen molar-refractivity contribution in [2.75, 3.05) is 13.7 Å². The largest absolute Gasteiger partial charge is 0.497 e. The maximum Gasteiger partial charge on any atom is 0.325 e. The lowest BCUT2D eigenvalue weighted by Crippen LogP contribution is -2.44. The molecule has 1 fully saturated rings. The molecule has 4 amide bonds. The van der Waals surface area contributed by atoms with Crippen LogP contribution in [-0.4, -0.2) is 36.4 Å². The molecule has 5 rings (SSSR count). The van der Waals surface area contributed by atoms with Gasteiger partial charge in [-0.1, -0.05) is 78.9 Å². The van der Waals surface area contributed by atoms with Crippen molar-refractivity contribution in [2.24, 2.45) is 0 Å². The second-order valence-corrected chi connectivity index (χ2v) is 9.19. The summed E-state index contributed by atoms with van der Waals surface area (Å²) in [7, 11) is 1.59. The highest BCUT2D eigenvalue weighted by Crippen LogP contribution is 2.31. The van der Waals surface area contributed by atoms with E-state index < -0.39 is 36.0 Å². The first-order valence-electron chi connectivity index (χ1n) is 12.0. The molecular weight excluding hydrogens is 466 g/mol. The number of carbonyl (C=O) groups is 3. The molecule has 2 atom stereocenters. The summed E-state index contributed by atoms with van der Waals surface area (Å²) in [5, 5.41) is 7.78. The summed E-state index contributed by atoms with van der Waals surface area (Å²) in [6.07, 6.45) is 0. The highest BCUT2D eigenvalue weighted by Gasteiger charge is 2.49. The molecule has 2 unspecified atom stereocenters. The van der Waals surface area contributed by atoms with E-state index >= 15 is 0 Å². The van der Waals surface area contributed by atoms with Gasteiger partial charge in [0.1, 0.15) is 17.8 Å².